The average molecular weight is 351 g/mol. The first-order valence-electron chi connectivity index (χ1n) is 7.07. The molecule has 4 N–H and O–H groups in total. The second kappa shape index (κ2) is 6.54. The van der Waals surface area contributed by atoms with E-state index in [1.807, 2.05) is 0 Å². The van der Waals surface area contributed by atoms with E-state index >= 15 is 0 Å². The number of aliphatic carboxylic acids is 1. The molecule has 1 aromatic carbocycles. The molecule has 0 aliphatic rings. The highest BCUT2D eigenvalue weighted by Gasteiger charge is 2.25. The fourth-order valence-electron chi connectivity index (χ4n) is 2.33. The zero-order valence-electron chi connectivity index (χ0n) is 13.1. The van der Waals surface area contributed by atoms with Crippen molar-refractivity contribution in [1.82, 2.24) is 10.3 Å². The SMILES string of the molecule is CC(C)[C@H](NC(=O)c1nccc2c(S(N)(=O)=O)cccc12)C(=O)O. The number of amides is 1. The molecule has 24 heavy (non-hydrogen) atoms. The molecule has 0 bridgehead atoms. The number of carboxylic acids is 1. The van der Waals surface area contributed by atoms with Gasteiger partial charge in [-0.25, -0.2) is 18.4 Å². The van der Waals surface area contributed by atoms with Gasteiger partial charge in [0.05, 0.1) is 4.90 Å². The van der Waals surface area contributed by atoms with Crippen LogP contribution in [0.5, 0.6) is 0 Å². The van der Waals surface area contributed by atoms with Crippen molar-refractivity contribution in [2.45, 2.75) is 24.8 Å². The van der Waals surface area contributed by atoms with E-state index in [9.17, 15) is 23.1 Å². The van der Waals surface area contributed by atoms with E-state index in [-0.39, 0.29) is 27.3 Å². The van der Waals surface area contributed by atoms with Crippen molar-refractivity contribution in [3.63, 3.8) is 0 Å². The standard InChI is InChI=1S/C15H17N3O5S/c1-8(2)12(15(20)21)18-14(19)13-10-4-3-5-11(24(16,22)23)9(10)6-7-17-13/h3-8,12H,1-2H3,(H,18,19)(H,20,21)(H2,16,22,23)/t12-/m0/s1. The number of carboxylic acid groups (broad SMARTS) is 1. The van der Waals surface area contributed by atoms with Gasteiger partial charge in [-0.1, -0.05) is 26.0 Å². The molecule has 0 radical (unpaired) electrons. The molecule has 0 saturated heterocycles. The number of nitrogens with one attached hydrogen (secondary N) is 1. The third-order valence-corrected chi connectivity index (χ3v) is 4.48. The maximum Gasteiger partial charge on any atom is 0.326 e. The number of pyridine rings is 1. The number of aromatic nitrogens is 1. The van der Waals surface area contributed by atoms with Crippen molar-refractivity contribution in [3.05, 3.63) is 36.2 Å². The van der Waals surface area contributed by atoms with Crippen molar-refractivity contribution in [2.75, 3.05) is 0 Å². The first-order valence-corrected chi connectivity index (χ1v) is 8.61. The highest BCUT2D eigenvalue weighted by Crippen LogP contribution is 2.24. The predicted octanol–water partition coefficient (Wildman–Crippen LogP) is 0.721. The molecule has 0 saturated carbocycles. The zero-order valence-corrected chi connectivity index (χ0v) is 13.9. The van der Waals surface area contributed by atoms with Crippen molar-refractivity contribution < 1.29 is 23.1 Å². The number of carbonyl (C=O) groups excluding carboxylic acids is 1. The van der Waals surface area contributed by atoms with Gasteiger partial charge in [-0.15, -0.1) is 0 Å². The van der Waals surface area contributed by atoms with Crippen molar-refractivity contribution in [1.29, 1.82) is 0 Å². The highest BCUT2D eigenvalue weighted by molar-refractivity contribution is 7.89. The Morgan fingerprint density at radius 3 is 2.42 bits per heavy atom. The molecule has 8 nitrogen and oxygen atoms in total. The van der Waals surface area contributed by atoms with Crippen LogP contribution in [-0.2, 0) is 14.8 Å². The summed E-state index contributed by atoms with van der Waals surface area (Å²) in [4.78, 5) is 27.5. The lowest BCUT2D eigenvalue weighted by Gasteiger charge is -2.18. The summed E-state index contributed by atoms with van der Waals surface area (Å²) in [6.45, 7) is 3.32. The second-order valence-corrected chi connectivity index (χ2v) is 7.12. The van der Waals surface area contributed by atoms with Crippen LogP contribution in [0, 0.1) is 5.92 Å². The van der Waals surface area contributed by atoms with Gasteiger partial charge >= 0.3 is 5.97 Å². The van der Waals surface area contributed by atoms with Crippen molar-refractivity contribution in [2.24, 2.45) is 11.1 Å². The summed E-state index contributed by atoms with van der Waals surface area (Å²) < 4.78 is 23.3. The summed E-state index contributed by atoms with van der Waals surface area (Å²) in [6.07, 6.45) is 1.27. The molecule has 0 aliphatic carbocycles. The van der Waals surface area contributed by atoms with Crippen LogP contribution >= 0.6 is 0 Å². The summed E-state index contributed by atoms with van der Waals surface area (Å²) >= 11 is 0. The Morgan fingerprint density at radius 1 is 1.21 bits per heavy atom. The quantitative estimate of drug-likeness (QED) is 0.725. The Kier molecular flexibility index (Phi) is 4.86. The van der Waals surface area contributed by atoms with Gasteiger partial charge in [0.15, 0.2) is 0 Å². The van der Waals surface area contributed by atoms with E-state index in [2.05, 4.69) is 10.3 Å². The number of nitrogens with zero attached hydrogens (tertiary/aromatic N) is 1. The largest absolute Gasteiger partial charge is 0.480 e. The number of sulfonamides is 1. The van der Waals surface area contributed by atoms with Crippen LogP contribution in [0.1, 0.15) is 24.3 Å². The predicted molar refractivity (Wildman–Crippen MR) is 86.8 cm³/mol. The smallest absolute Gasteiger partial charge is 0.326 e. The molecule has 128 valence electrons. The normalized spacial score (nSPS) is 13.0. The summed E-state index contributed by atoms with van der Waals surface area (Å²) in [5.41, 5.74) is -0.0649. The van der Waals surface area contributed by atoms with Crippen LogP contribution in [0.3, 0.4) is 0 Å². The molecule has 1 atom stereocenters. The van der Waals surface area contributed by atoms with Gasteiger partial charge in [0.25, 0.3) is 5.91 Å². The number of nitrogens with two attached hydrogens (primary N) is 1. The minimum Gasteiger partial charge on any atom is -0.480 e. The molecular weight excluding hydrogens is 334 g/mol. The van der Waals surface area contributed by atoms with Crippen LogP contribution < -0.4 is 10.5 Å². The van der Waals surface area contributed by atoms with Gasteiger partial charge < -0.3 is 10.4 Å². The van der Waals surface area contributed by atoms with Crippen LogP contribution in [0.2, 0.25) is 0 Å². The Labute approximate surface area is 138 Å². The summed E-state index contributed by atoms with van der Waals surface area (Å²) in [7, 11) is -3.98. The molecule has 2 aromatic rings. The number of rotatable bonds is 5. The van der Waals surface area contributed by atoms with E-state index in [1.165, 1.54) is 30.5 Å². The minimum atomic E-state index is -3.98. The maximum atomic E-state index is 12.4. The number of fused-ring (bicyclic) bond motifs is 1. The Hall–Kier alpha value is -2.52. The first kappa shape index (κ1) is 17.8. The number of benzene rings is 1. The lowest BCUT2D eigenvalue weighted by Crippen LogP contribution is -2.44. The summed E-state index contributed by atoms with van der Waals surface area (Å²) in [6, 6.07) is 4.64. The van der Waals surface area contributed by atoms with Gasteiger partial charge in [0, 0.05) is 17.0 Å². The van der Waals surface area contributed by atoms with Crippen LogP contribution in [-0.4, -0.2) is 36.4 Å². The van der Waals surface area contributed by atoms with Gasteiger partial charge in [-0.05, 0) is 18.1 Å². The van der Waals surface area contributed by atoms with E-state index < -0.39 is 27.9 Å². The topological polar surface area (TPSA) is 139 Å². The molecule has 0 spiro atoms. The lowest BCUT2D eigenvalue weighted by atomic mass is 10.0. The number of hydrogen-bond donors (Lipinski definition) is 3. The van der Waals surface area contributed by atoms with Crippen LogP contribution in [0.25, 0.3) is 10.8 Å². The van der Waals surface area contributed by atoms with Gasteiger partial charge in [-0.3, -0.25) is 9.78 Å². The third-order valence-electron chi connectivity index (χ3n) is 3.51. The van der Waals surface area contributed by atoms with E-state index in [1.54, 1.807) is 13.8 Å². The molecular formula is C15H17N3O5S. The molecule has 1 heterocycles. The molecule has 0 fully saturated rings. The monoisotopic (exact) mass is 351 g/mol. The lowest BCUT2D eigenvalue weighted by molar-refractivity contribution is -0.140. The fourth-order valence-corrected chi connectivity index (χ4v) is 3.08. The van der Waals surface area contributed by atoms with Gasteiger partial charge in [0.1, 0.15) is 11.7 Å². The minimum absolute atomic E-state index is 0.0649. The molecule has 1 amide bonds. The van der Waals surface area contributed by atoms with E-state index in [0.29, 0.717) is 0 Å². The zero-order chi connectivity index (χ0) is 18.1. The Balaban J connectivity index is 2.54. The number of carbonyl (C=O) groups is 2. The molecule has 9 heteroatoms. The van der Waals surface area contributed by atoms with Crippen molar-refractivity contribution in [3.8, 4) is 0 Å². The molecule has 1 aromatic heterocycles. The Morgan fingerprint density at radius 2 is 1.88 bits per heavy atom. The number of hydrogen-bond acceptors (Lipinski definition) is 5. The first-order chi connectivity index (χ1) is 11.1. The number of primary sulfonamides is 1. The Bertz CT molecular complexity index is 908. The summed E-state index contributed by atoms with van der Waals surface area (Å²) in [5, 5.41) is 17.3. The van der Waals surface area contributed by atoms with Crippen LogP contribution in [0.4, 0.5) is 0 Å². The van der Waals surface area contributed by atoms with E-state index in [0.717, 1.165) is 0 Å². The van der Waals surface area contributed by atoms with E-state index in [4.69, 9.17) is 5.14 Å². The third kappa shape index (κ3) is 3.52. The fraction of sp³-hybridized carbons (Fsp3) is 0.267. The molecule has 0 unspecified atom stereocenters. The van der Waals surface area contributed by atoms with Crippen molar-refractivity contribution >= 4 is 32.7 Å². The van der Waals surface area contributed by atoms with Crippen LogP contribution in [0.15, 0.2) is 35.4 Å². The van der Waals surface area contributed by atoms with Gasteiger partial charge in [-0.2, -0.15) is 0 Å². The second-order valence-electron chi connectivity index (χ2n) is 5.59. The summed E-state index contributed by atoms with van der Waals surface area (Å²) in [5.74, 6) is -2.20. The average Bonchev–Trinajstić information content (AvgIpc) is 2.49. The van der Waals surface area contributed by atoms with Gasteiger partial charge in [0.2, 0.25) is 10.0 Å². The molecule has 0 aliphatic heterocycles. The molecule has 2 rings (SSSR count). The maximum absolute atomic E-state index is 12.4. The highest BCUT2D eigenvalue weighted by atomic mass is 32.2.